The Morgan fingerprint density at radius 1 is 1.13 bits per heavy atom. The second-order valence-corrected chi connectivity index (χ2v) is 8.24. The van der Waals surface area contributed by atoms with E-state index in [-0.39, 0.29) is 6.61 Å². The number of nitrogens with one attached hydrogen (secondary N) is 2. The van der Waals surface area contributed by atoms with E-state index in [1.165, 1.54) is 17.6 Å². The van der Waals surface area contributed by atoms with Gasteiger partial charge in [-0.25, -0.2) is 10.2 Å². The number of anilines is 1. The standard InChI is InChI=1S/C21H22ClN3O4S/c1-2-29-21(28)17-15-6-4-3-5-7-16(15)30-20(17)24-18(26)19(27)25-23-12-13-8-10-14(22)11-9-13/h8-12H,2-7H2,1H3,(H,24,26)(H,25,27)/b23-12+. The van der Waals surface area contributed by atoms with Crippen molar-refractivity contribution in [2.75, 3.05) is 11.9 Å². The number of ether oxygens (including phenoxy) is 1. The Labute approximate surface area is 183 Å². The number of fused-ring (bicyclic) bond motifs is 1. The number of hydrazone groups is 1. The van der Waals surface area contributed by atoms with Crippen LogP contribution in [0.4, 0.5) is 5.00 Å². The molecule has 1 aromatic heterocycles. The largest absolute Gasteiger partial charge is 0.462 e. The van der Waals surface area contributed by atoms with Gasteiger partial charge in [-0.05, 0) is 55.9 Å². The fraction of sp³-hybridized carbons (Fsp3) is 0.333. The van der Waals surface area contributed by atoms with Gasteiger partial charge >= 0.3 is 17.8 Å². The maximum Gasteiger partial charge on any atom is 0.341 e. The van der Waals surface area contributed by atoms with Crippen molar-refractivity contribution in [2.24, 2.45) is 5.10 Å². The van der Waals surface area contributed by atoms with Crippen LogP contribution in [-0.4, -0.2) is 30.6 Å². The molecular weight excluding hydrogens is 426 g/mol. The first-order chi connectivity index (χ1) is 14.5. The molecule has 0 saturated carbocycles. The number of thiophene rings is 1. The Morgan fingerprint density at radius 2 is 1.87 bits per heavy atom. The summed E-state index contributed by atoms with van der Waals surface area (Å²) in [6.07, 6.45) is 6.11. The van der Waals surface area contributed by atoms with Crippen LogP contribution in [0.15, 0.2) is 29.4 Å². The zero-order valence-corrected chi connectivity index (χ0v) is 18.1. The number of hydrogen-bond donors (Lipinski definition) is 2. The Balaban J connectivity index is 1.71. The van der Waals surface area contributed by atoms with E-state index in [1.807, 2.05) is 0 Å². The quantitative estimate of drug-likeness (QED) is 0.238. The van der Waals surface area contributed by atoms with Crippen LogP contribution >= 0.6 is 22.9 Å². The summed E-state index contributed by atoms with van der Waals surface area (Å²) < 4.78 is 5.18. The molecule has 2 amide bonds. The average molecular weight is 448 g/mol. The van der Waals surface area contributed by atoms with Crippen LogP contribution in [0.1, 0.15) is 52.5 Å². The number of nitrogens with zero attached hydrogens (tertiary/aromatic N) is 1. The van der Waals surface area contributed by atoms with Gasteiger partial charge in [-0.3, -0.25) is 9.59 Å². The van der Waals surface area contributed by atoms with Crippen LogP contribution in [0.3, 0.4) is 0 Å². The smallest absolute Gasteiger partial charge is 0.341 e. The molecule has 158 valence electrons. The molecular formula is C21H22ClN3O4S. The lowest BCUT2D eigenvalue weighted by molar-refractivity contribution is -0.136. The normalized spacial score (nSPS) is 13.4. The predicted molar refractivity (Wildman–Crippen MR) is 117 cm³/mol. The lowest BCUT2D eigenvalue weighted by Gasteiger charge is -2.08. The zero-order valence-electron chi connectivity index (χ0n) is 16.5. The molecule has 9 heteroatoms. The highest BCUT2D eigenvalue weighted by Crippen LogP contribution is 2.38. The monoisotopic (exact) mass is 447 g/mol. The summed E-state index contributed by atoms with van der Waals surface area (Å²) in [4.78, 5) is 38.1. The van der Waals surface area contributed by atoms with E-state index in [0.717, 1.165) is 42.5 Å². The van der Waals surface area contributed by atoms with E-state index in [9.17, 15) is 14.4 Å². The number of amides is 2. The maximum absolute atomic E-state index is 12.5. The van der Waals surface area contributed by atoms with Crippen LogP contribution in [0, 0.1) is 0 Å². The van der Waals surface area contributed by atoms with Gasteiger partial charge in [0.05, 0.1) is 18.4 Å². The molecule has 2 aromatic rings. The minimum atomic E-state index is -0.932. The number of esters is 1. The highest BCUT2D eigenvalue weighted by atomic mass is 35.5. The van der Waals surface area contributed by atoms with Gasteiger partial charge in [-0.15, -0.1) is 11.3 Å². The number of carbonyl (C=O) groups excluding carboxylic acids is 3. The summed E-state index contributed by atoms with van der Waals surface area (Å²) >= 11 is 7.15. The molecule has 1 aliphatic rings. The molecule has 0 radical (unpaired) electrons. The summed E-state index contributed by atoms with van der Waals surface area (Å²) in [6.45, 7) is 1.96. The van der Waals surface area contributed by atoms with Crippen LogP contribution < -0.4 is 10.7 Å². The number of halogens is 1. The summed E-state index contributed by atoms with van der Waals surface area (Å²) in [5.41, 5.74) is 4.19. The first-order valence-corrected chi connectivity index (χ1v) is 10.9. The molecule has 2 N–H and O–H groups in total. The van der Waals surface area contributed by atoms with E-state index in [2.05, 4.69) is 15.8 Å². The minimum Gasteiger partial charge on any atom is -0.462 e. The van der Waals surface area contributed by atoms with E-state index in [4.69, 9.17) is 16.3 Å². The van der Waals surface area contributed by atoms with E-state index in [0.29, 0.717) is 21.2 Å². The van der Waals surface area contributed by atoms with Crippen molar-refractivity contribution in [2.45, 2.75) is 39.0 Å². The van der Waals surface area contributed by atoms with Crippen LogP contribution in [0.25, 0.3) is 0 Å². The summed E-state index contributed by atoms with van der Waals surface area (Å²) in [6, 6.07) is 6.83. The third-order valence-electron chi connectivity index (χ3n) is 4.58. The summed E-state index contributed by atoms with van der Waals surface area (Å²) in [5.74, 6) is -2.31. The van der Waals surface area contributed by atoms with Crippen LogP contribution in [0.2, 0.25) is 5.02 Å². The lowest BCUT2D eigenvalue weighted by Crippen LogP contribution is -2.32. The third-order valence-corrected chi connectivity index (χ3v) is 6.04. The van der Waals surface area contributed by atoms with Gasteiger partial charge in [-0.2, -0.15) is 5.10 Å². The second-order valence-electron chi connectivity index (χ2n) is 6.69. The molecule has 0 saturated heterocycles. The Hall–Kier alpha value is -2.71. The van der Waals surface area contributed by atoms with Crippen LogP contribution in [-0.2, 0) is 27.2 Å². The second kappa shape index (κ2) is 10.4. The van der Waals surface area contributed by atoms with Gasteiger partial charge in [0, 0.05) is 9.90 Å². The SMILES string of the molecule is CCOC(=O)c1c(NC(=O)C(=O)N/N=C/c2ccc(Cl)cc2)sc2c1CCCCC2. The fourth-order valence-corrected chi connectivity index (χ4v) is 4.57. The Kier molecular flexibility index (Phi) is 7.59. The highest BCUT2D eigenvalue weighted by molar-refractivity contribution is 7.17. The number of aryl methyl sites for hydroxylation is 1. The van der Waals surface area contributed by atoms with Crippen molar-refractivity contribution in [3.8, 4) is 0 Å². The van der Waals surface area contributed by atoms with Gasteiger partial charge in [0.1, 0.15) is 5.00 Å². The first kappa shape index (κ1) is 22.0. The maximum atomic E-state index is 12.5. The molecule has 0 aliphatic heterocycles. The average Bonchev–Trinajstić information content (AvgIpc) is 2.90. The molecule has 1 aliphatic carbocycles. The van der Waals surface area contributed by atoms with Gasteiger partial charge in [-0.1, -0.05) is 30.2 Å². The number of carbonyl (C=O) groups is 3. The number of benzene rings is 1. The van der Waals surface area contributed by atoms with Gasteiger partial charge in [0.15, 0.2) is 0 Å². The Bertz CT molecular complexity index is 969. The number of hydrogen-bond acceptors (Lipinski definition) is 6. The molecule has 3 rings (SSSR count). The van der Waals surface area contributed by atoms with E-state index in [1.54, 1.807) is 31.2 Å². The molecule has 0 spiro atoms. The number of rotatable bonds is 5. The van der Waals surface area contributed by atoms with E-state index < -0.39 is 17.8 Å². The Morgan fingerprint density at radius 3 is 2.60 bits per heavy atom. The molecule has 1 aromatic carbocycles. The topological polar surface area (TPSA) is 96.9 Å². The minimum absolute atomic E-state index is 0.233. The molecule has 0 atom stereocenters. The zero-order chi connectivity index (χ0) is 21.5. The van der Waals surface area contributed by atoms with Crippen molar-refractivity contribution >= 4 is 51.9 Å². The summed E-state index contributed by atoms with van der Waals surface area (Å²) in [7, 11) is 0. The molecule has 0 unspecified atom stereocenters. The molecule has 1 heterocycles. The van der Waals surface area contributed by atoms with Crippen molar-refractivity contribution in [1.29, 1.82) is 0 Å². The van der Waals surface area contributed by atoms with Gasteiger partial charge in [0.25, 0.3) is 0 Å². The van der Waals surface area contributed by atoms with Crippen molar-refractivity contribution in [3.05, 3.63) is 50.9 Å². The lowest BCUT2D eigenvalue weighted by atomic mass is 10.1. The fourth-order valence-electron chi connectivity index (χ4n) is 3.17. The van der Waals surface area contributed by atoms with Gasteiger partial charge in [0.2, 0.25) is 0 Å². The summed E-state index contributed by atoms with van der Waals surface area (Å²) in [5, 5.41) is 7.28. The van der Waals surface area contributed by atoms with Crippen molar-refractivity contribution in [3.63, 3.8) is 0 Å². The third kappa shape index (κ3) is 5.46. The molecule has 30 heavy (non-hydrogen) atoms. The highest BCUT2D eigenvalue weighted by Gasteiger charge is 2.27. The van der Waals surface area contributed by atoms with Gasteiger partial charge < -0.3 is 10.1 Å². The predicted octanol–water partition coefficient (Wildman–Crippen LogP) is 3.94. The van der Waals surface area contributed by atoms with Crippen molar-refractivity contribution < 1.29 is 19.1 Å². The van der Waals surface area contributed by atoms with Crippen molar-refractivity contribution in [1.82, 2.24) is 5.43 Å². The van der Waals surface area contributed by atoms with E-state index >= 15 is 0 Å². The molecule has 0 bridgehead atoms. The van der Waals surface area contributed by atoms with Crippen LogP contribution in [0.5, 0.6) is 0 Å². The molecule has 7 nitrogen and oxygen atoms in total. The molecule has 0 fully saturated rings. The first-order valence-electron chi connectivity index (χ1n) is 9.71.